The number of nitrogens with one attached hydrogen (secondary N) is 1. The normalized spacial score (nSPS) is 14.0. The molecule has 5 N–H and O–H groups in total. The number of rotatable bonds is 46. The summed E-state index contributed by atoms with van der Waals surface area (Å²) in [6, 6.07) is -0.987. The van der Waals surface area contributed by atoms with Gasteiger partial charge in [0.15, 0.2) is 0 Å². The number of allylic oxidation sites excluding steroid dienone is 2. The monoisotopic (exact) mass is 794 g/mol. The molecule has 4 unspecified atom stereocenters. The zero-order valence-corrected chi connectivity index (χ0v) is 37.7. The third kappa shape index (κ3) is 38.6. The molecule has 0 aromatic rings. The summed E-state index contributed by atoms with van der Waals surface area (Å²) in [6.45, 7) is 4.00. The first-order valence-electron chi connectivity index (χ1n) is 25.1. The molecule has 0 aromatic heterocycles. The first kappa shape index (κ1) is 55.0. The predicted molar refractivity (Wildman–Crippen MR) is 242 cm³/mol. The van der Waals surface area contributed by atoms with Crippen LogP contribution >= 0.6 is 0 Å². The van der Waals surface area contributed by atoms with E-state index in [1.54, 1.807) is 0 Å². The lowest BCUT2D eigenvalue weighted by atomic mass is 9.99. The van der Waals surface area contributed by atoms with Crippen LogP contribution in [0.4, 0.5) is 0 Å². The molecule has 6 nitrogen and oxygen atoms in total. The molecule has 0 saturated heterocycles. The van der Waals surface area contributed by atoms with Gasteiger partial charge in [-0.15, -0.1) is 0 Å². The molecule has 6 heteroatoms. The topological polar surface area (TPSA) is 110 Å². The number of amides is 1. The van der Waals surface area contributed by atoms with Crippen LogP contribution in [0.25, 0.3) is 0 Å². The Morgan fingerprint density at radius 2 is 0.732 bits per heavy atom. The predicted octanol–water partition coefficient (Wildman–Crippen LogP) is 13.7. The molecule has 1 amide bonds. The quantitative estimate of drug-likeness (QED) is 0.0311. The van der Waals surface area contributed by atoms with E-state index in [0.717, 1.165) is 51.4 Å². The van der Waals surface area contributed by atoms with Gasteiger partial charge in [-0.1, -0.05) is 251 Å². The lowest BCUT2D eigenvalue weighted by Crippen LogP contribution is -2.53. The summed E-state index contributed by atoms with van der Waals surface area (Å²) >= 11 is 0. The van der Waals surface area contributed by atoms with E-state index in [2.05, 4.69) is 31.3 Å². The van der Waals surface area contributed by atoms with Crippen LogP contribution < -0.4 is 5.32 Å². The summed E-state index contributed by atoms with van der Waals surface area (Å²) in [5, 5.41) is 43.6. The minimum absolute atomic E-state index is 0.349. The van der Waals surface area contributed by atoms with Gasteiger partial charge >= 0.3 is 0 Å². The molecule has 334 valence electrons. The van der Waals surface area contributed by atoms with E-state index in [1.807, 2.05) is 0 Å². The van der Waals surface area contributed by atoms with Crippen molar-refractivity contribution in [2.24, 2.45) is 0 Å². The third-order valence-corrected chi connectivity index (χ3v) is 12.0. The smallest absolute Gasteiger partial charge is 0.249 e. The maximum atomic E-state index is 12.4. The molecule has 0 saturated carbocycles. The highest BCUT2D eigenvalue weighted by Crippen LogP contribution is 2.18. The van der Waals surface area contributed by atoms with E-state index in [4.69, 9.17) is 0 Å². The van der Waals surface area contributed by atoms with E-state index in [-0.39, 0.29) is 0 Å². The second-order valence-electron chi connectivity index (χ2n) is 17.5. The second kappa shape index (κ2) is 45.1. The molecule has 0 radical (unpaired) electrons. The number of carbonyl (C=O) groups excluding carboxylic acids is 1. The molecule has 0 aromatic carbocycles. The summed E-state index contributed by atoms with van der Waals surface area (Å²) in [4.78, 5) is 12.4. The summed E-state index contributed by atoms with van der Waals surface area (Å²) in [5.41, 5.74) is 0. The summed E-state index contributed by atoms with van der Waals surface area (Å²) < 4.78 is 0. The van der Waals surface area contributed by atoms with Crippen molar-refractivity contribution >= 4 is 5.91 Å². The molecule has 0 bridgehead atoms. The van der Waals surface area contributed by atoms with Gasteiger partial charge in [-0.25, -0.2) is 0 Å². The molecule has 0 aliphatic rings. The summed E-state index contributed by atoms with van der Waals surface area (Å²) in [6.07, 6.45) is 51.6. The highest BCUT2D eigenvalue weighted by molar-refractivity contribution is 5.80. The first-order valence-corrected chi connectivity index (χ1v) is 25.1. The van der Waals surface area contributed by atoms with Crippen LogP contribution in [0.15, 0.2) is 12.2 Å². The van der Waals surface area contributed by atoms with Crippen LogP contribution in [-0.2, 0) is 4.79 Å². The average molecular weight is 794 g/mol. The number of hydrogen-bond acceptors (Lipinski definition) is 5. The van der Waals surface area contributed by atoms with Gasteiger partial charge in [0.05, 0.1) is 18.8 Å². The van der Waals surface area contributed by atoms with Gasteiger partial charge in [-0.05, 0) is 32.1 Å². The van der Waals surface area contributed by atoms with Crippen molar-refractivity contribution in [3.8, 4) is 0 Å². The Kier molecular flexibility index (Phi) is 44.4. The summed E-state index contributed by atoms with van der Waals surface area (Å²) in [5.74, 6) is -0.596. The Morgan fingerprint density at radius 1 is 0.429 bits per heavy atom. The third-order valence-electron chi connectivity index (χ3n) is 12.0. The minimum Gasteiger partial charge on any atom is -0.394 e. The molecule has 0 spiro atoms. The van der Waals surface area contributed by atoms with Gasteiger partial charge in [-0.2, -0.15) is 0 Å². The molecular formula is C50H99NO5. The Balaban J connectivity index is 3.51. The lowest BCUT2D eigenvalue weighted by Gasteiger charge is -2.27. The van der Waals surface area contributed by atoms with E-state index in [9.17, 15) is 25.2 Å². The fraction of sp³-hybridized carbons (Fsp3) is 0.940. The van der Waals surface area contributed by atoms with Crippen molar-refractivity contribution in [2.45, 2.75) is 295 Å². The van der Waals surface area contributed by atoms with Gasteiger partial charge in [0.2, 0.25) is 5.91 Å². The Labute approximate surface area is 349 Å². The van der Waals surface area contributed by atoms with E-state index >= 15 is 0 Å². The van der Waals surface area contributed by atoms with Crippen LogP contribution in [-0.4, -0.2) is 57.3 Å². The molecular weight excluding hydrogens is 695 g/mol. The van der Waals surface area contributed by atoms with Crippen molar-refractivity contribution in [3.63, 3.8) is 0 Å². The maximum Gasteiger partial charge on any atom is 0.249 e. The van der Waals surface area contributed by atoms with Gasteiger partial charge < -0.3 is 25.7 Å². The van der Waals surface area contributed by atoms with Crippen LogP contribution in [0.3, 0.4) is 0 Å². The van der Waals surface area contributed by atoms with E-state index < -0.39 is 36.9 Å². The number of aliphatic hydroxyl groups excluding tert-OH is 4. The van der Waals surface area contributed by atoms with Crippen molar-refractivity contribution in [1.82, 2.24) is 5.32 Å². The minimum atomic E-state index is -1.26. The molecule has 0 aliphatic carbocycles. The Hall–Kier alpha value is -0.950. The van der Waals surface area contributed by atoms with Gasteiger partial charge in [-0.3, -0.25) is 4.79 Å². The molecule has 0 rings (SSSR count). The number of carbonyl (C=O) groups is 1. The average Bonchev–Trinajstić information content (AvgIpc) is 3.20. The zero-order chi connectivity index (χ0) is 41.0. The highest BCUT2D eigenvalue weighted by atomic mass is 16.3. The van der Waals surface area contributed by atoms with Crippen molar-refractivity contribution < 1.29 is 25.2 Å². The van der Waals surface area contributed by atoms with Gasteiger partial charge in [0.25, 0.3) is 0 Å². The molecule has 4 atom stereocenters. The van der Waals surface area contributed by atoms with Crippen LogP contribution in [0.5, 0.6) is 0 Å². The zero-order valence-electron chi connectivity index (χ0n) is 37.7. The maximum absolute atomic E-state index is 12.4. The van der Waals surface area contributed by atoms with Crippen molar-refractivity contribution in [3.05, 3.63) is 12.2 Å². The second-order valence-corrected chi connectivity index (χ2v) is 17.5. The van der Waals surface area contributed by atoms with Crippen molar-refractivity contribution in [2.75, 3.05) is 6.61 Å². The van der Waals surface area contributed by atoms with Gasteiger partial charge in [0, 0.05) is 0 Å². The number of unbranched alkanes of at least 4 members (excludes halogenated alkanes) is 35. The SMILES string of the molecule is CCCC/C=C\CCCCCC(O)C(=O)NC(CO)C(O)C(O)CCCCCCCCCCCCCCCCCCCCCCCCCCCCCCCCC. The Morgan fingerprint density at radius 3 is 1.09 bits per heavy atom. The molecule has 0 aliphatic heterocycles. The summed E-state index contributed by atoms with van der Waals surface area (Å²) in [7, 11) is 0. The molecule has 56 heavy (non-hydrogen) atoms. The highest BCUT2D eigenvalue weighted by Gasteiger charge is 2.28. The van der Waals surface area contributed by atoms with Crippen molar-refractivity contribution in [1.29, 1.82) is 0 Å². The largest absolute Gasteiger partial charge is 0.394 e. The van der Waals surface area contributed by atoms with E-state index in [0.29, 0.717) is 12.8 Å². The van der Waals surface area contributed by atoms with Crippen LogP contribution in [0.1, 0.15) is 271 Å². The van der Waals surface area contributed by atoms with Gasteiger partial charge in [0.1, 0.15) is 12.2 Å². The fourth-order valence-corrected chi connectivity index (χ4v) is 7.98. The molecule has 0 fully saturated rings. The standard InChI is InChI=1S/C50H99NO5/c1-3-5-7-9-11-13-14-15-16-17-18-19-20-21-22-23-24-25-26-27-28-29-30-31-32-33-34-36-37-39-41-43-47(53)49(55)46(45-52)51-50(56)48(54)44-42-40-38-35-12-10-8-6-4-2/h10,12,46-49,52-55H,3-9,11,13-45H2,1-2H3,(H,51,56)/b12-10-. The van der Waals surface area contributed by atoms with Crippen LogP contribution in [0, 0.1) is 0 Å². The lowest BCUT2D eigenvalue weighted by molar-refractivity contribution is -0.132. The number of aliphatic hydroxyl groups is 4. The fourth-order valence-electron chi connectivity index (χ4n) is 7.98. The molecule has 0 heterocycles. The van der Waals surface area contributed by atoms with Crippen LogP contribution in [0.2, 0.25) is 0 Å². The first-order chi connectivity index (χ1) is 27.5. The van der Waals surface area contributed by atoms with E-state index in [1.165, 1.54) is 193 Å². The number of hydrogen-bond donors (Lipinski definition) is 5. The Bertz CT molecular complexity index is 806.